The zero-order valence-electron chi connectivity index (χ0n) is 12.3. The van der Waals surface area contributed by atoms with Crippen molar-refractivity contribution < 1.29 is 4.74 Å². The van der Waals surface area contributed by atoms with Crippen molar-refractivity contribution in [2.24, 2.45) is 5.92 Å². The number of ether oxygens (including phenoxy) is 1. The molecule has 0 saturated heterocycles. The van der Waals surface area contributed by atoms with E-state index in [9.17, 15) is 0 Å². The summed E-state index contributed by atoms with van der Waals surface area (Å²) in [4.78, 5) is 0. The predicted octanol–water partition coefficient (Wildman–Crippen LogP) is 2.21. The van der Waals surface area contributed by atoms with E-state index < -0.39 is 0 Å². The molecule has 3 nitrogen and oxygen atoms in total. The highest BCUT2D eigenvalue weighted by atomic mass is 16.5. The SMILES string of the molecule is CC(C)CNCC(C)NCC1Cc2ccccc2O1. The van der Waals surface area contributed by atoms with Crippen molar-refractivity contribution in [3.8, 4) is 5.75 Å². The summed E-state index contributed by atoms with van der Waals surface area (Å²) < 4.78 is 5.92. The Bertz CT molecular complexity index is 367. The molecule has 0 aromatic heterocycles. The van der Waals surface area contributed by atoms with Gasteiger partial charge in [0.2, 0.25) is 0 Å². The quantitative estimate of drug-likeness (QED) is 0.790. The number of hydrogen-bond acceptors (Lipinski definition) is 3. The number of fused-ring (bicyclic) bond motifs is 1. The molecule has 2 unspecified atom stereocenters. The van der Waals surface area contributed by atoms with Crippen molar-refractivity contribution >= 4 is 0 Å². The molecule has 0 spiro atoms. The Morgan fingerprint density at radius 1 is 1.21 bits per heavy atom. The Hall–Kier alpha value is -1.06. The van der Waals surface area contributed by atoms with Gasteiger partial charge < -0.3 is 15.4 Å². The summed E-state index contributed by atoms with van der Waals surface area (Å²) in [6.45, 7) is 9.69. The molecule has 1 aliphatic rings. The first kappa shape index (κ1) is 14.4. The molecule has 2 N–H and O–H groups in total. The standard InChI is InChI=1S/C16H26N2O/c1-12(2)9-17-10-13(3)18-11-15-8-14-6-4-5-7-16(14)19-15/h4-7,12-13,15,17-18H,8-11H2,1-3H3. The molecule has 0 bridgehead atoms. The van der Waals surface area contributed by atoms with Crippen LogP contribution in [0.25, 0.3) is 0 Å². The highest BCUT2D eigenvalue weighted by Crippen LogP contribution is 2.27. The molecule has 19 heavy (non-hydrogen) atoms. The highest BCUT2D eigenvalue weighted by molar-refractivity contribution is 5.37. The third-order valence-electron chi connectivity index (χ3n) is 3.41. The molecule has 1 aromatic carbocycles. The minimum Gasteiger partial charge on any atom is -0.488 e. The minimum absolute atomic E-state index is 0.282. The van der Waals surface area contributed by atoms with Gasteiger partial charge in [-0.05, 0) is 31.0 Å². The van der Waals surface area contributed by atoms with Crippen LogP contribution in [0.15, 0.2) is 24.3 Å². The molecule has 1 aliphatic heterocycles. The van der Waals surface area contributed by atoms with Gasteiger partial charge in [0.1, 0.15) is 11.9 Å². The van der Waals surface area contributed by atoms with Gasteiger partial charge in [-0.15, -0.1) is 0 Å². The van der Waals surface area contributed by atoms with Crippen molar-refractivity contribution in [2.45, 2.75) is 39.3 Å². The molecule has 2 rings (SSSR count). The molecular formula is C16H26N2O. The first-order valence-corrected chi connectivity index (χ1v) is 7.34. The van der Waals surface area contributed by atoms with E-state index in [2.05, 4.69) is 49.6 Å². The fraction of sp³-hybridized carbons (Fsp3) is 0.625. The molecular weight excluding hydrogens is 236 g/mol. The van der Waals surface area contributed by atoms with Crippen molar-refractivity contribution in [1.29, 1.82) is 0 Å². The van der Waals surface area contributed by atoms with Gasteiger partial charge >= 0.3 is 0 Å². The van der Waals surface area contributed by atoms with Gasteiger partial charge in [0, 0.05) is 25.6 Å². The zero-order chi connectivity index (χ0) is 13.7. The number of nitrogens with one attached hydrogen (secondary N) is 2. The molecule has 0 amide bonds. The minimum atomic E-state index is 0.282. The van der Waals surface area contributed by atoms with Crippen LogP contribution < -0.4 is 15.4 Å². The number of benzene rings is 1. The lowest BCUT2D eigenvalue weighted by Gasteiger charge is -2.18. The monoisotopic (exact) mass is 262 g/mol. The molecule has 0 radical (unpaired) electrons. The average Bonchev–Trinajstić information content (AvgIpc) is 2.78. The van der Waals surface area contributed by atoms with Crippen LogP contribution in [0.4, 0.5) is 0 Å². The summed E-state index contributed by atoms with van der Waals surface area (Å²) in [6.07, 6.45) is 1.31. The maximum atomic E-state index is 5.92. The highest BCUT2D eigenvalue weighted by Gasteiger charge is 2.22. The van der Waals surface area contributed by atoms with Gasteiger partial charge in [-0.3, -0.25) is 0 Å². The molecule has 106 valence electrons. The molecule has 0 fully saturated rings. The predicted molar refractivity (Wildman–Crippen MR) is 79.7 cm³/mol. The largest absolute Gasteiger partial charge is 0.488 e. The lowest BCUT2D eigenvalue weighted by molar-refractivity contribution is 0.222. The van der Waals surface area contributed by atoms with E-state index in [0.29, 0.717) is 12.0 Å². The first-order chi connectivity index (χ1) is 9.15. The Balaban J connectivity index is 1.65. The smallest absolute Gasteiger partial charge is 0.123 e. The summed E-state index contributed by atoms with van der Waals surface area (Å²) in [5.74, 6) is 1.76. The van der Waals surface area contributed by atoms with Gasteiger partial charge in [0.25, 0.3) is 0 Å². The van der Waals surface area contributed by atoms with Crippen molar-refractivity contribution in [3.63, 3.8) is 0 Å². The fourth-order valence-electron chi connectivity index (χ4n) is 2.36. The van der Waals surface area contributed by atoms with Gasteiger partial charge in [0.15, 0.2) is 0 Å². The summed E-state index contributed by atoms with van der Waals surface area (Å²) in [5, 5.41) is 7.02. The van der Waals surface area contributed by atoms with E-state index in [4.69, 9.17) is 4.74 Å². The van der Waals surface area contributed by atoms with Crippen LogP contribution in [0.5, 0.6) is 5.75 Å². The van der Waals surface area contributed by atoms with Crippen LogP contribution >= 0.6 is 0 Å². The number of para-hydroxylation sites is 1. The van der Waals surface area contributed by atoms with Gasteiger partial charge in [0.05, 0.1) is 0 Å². The Morgan fingerprint density at radius 3 is 2.74 bits per heavy atom. The molecule has 0 saturated carbocycles. The second-order valence-electron chi connectivity index (χ2n) is 5.91. The van der Waals surface area contributed by atoms with Gasteiger partial charge in [-0.25, -0.2) is 0 Å². The van der Waals surface area contributed by atoms with Crippen molar-refractivity contribution in [1.82, 2.24) is 10.6 Å². The van der Waals surface area contributed by atoms with Crippen LogP contribution in [0, 0.1) is 5.92 Å². The molecule has 3 heteroatoms. The lowest BCUT2D eigenvalue weighted by Crippen LogP contribution is -2.42. The van der Waals surface area contributed by atoms with Gasteiger partial charge in [-0.2, -0.15) is 0 Å². The van der Waals surface area contributed by atoms with Crippen LogP contribution in [0.1, 0.15) is 26.3 Å². The third-order valence-corrected chi connectivity index (χ3v) is 3.41. The molecule has 2 atom stereocenters. The van der Waals surface area contributed by atoms with E-state index in [1.807, 2.05) is 6.07 Å². The second-order valence-corrected chi connectivity index (χ2v) is 5.91. The number of rotatable bonds is 7. The van der Waals surface area contributed by atoms with Crippen LogP contribution in [0.2, 0.25) is 0 Å². The topological polar surface area (TPSA) is 33.3 Å². The summed E-state index contributed by atoms with van der Waals surface area (Å²) in [5.41, 5.74) is 1.33. The number of hydrogen-bond donors (Lipinski definition) is 2. The Labute approximate surface area is 116 Å². The maximum Gasteiger partial charge on any atom is 0.123 e. The first-order valence-electron chi connectivity index (χ1n) is 7.34. The average molecular weight is 262 g/mol. The lowest BCUT2D eigenvalue weighted by atomic mass is 10.1. The Kier molecular flexibility index (Phi) is 5.23. The van der Waals surface area contributed by atoms with Gasteiger partial charge in [-0.1, -0.05) is 32.0 Å². The summed E-state index contributed by atoms with van der Waals surface area (Å²) in [7, 11) is 0. The second kappa shape index (κ2) is 6.92. The van der Waals surface area contributed by atoms with Crippen LogP contribution in [-0.4, -0.2) is 31.8 Å². The molecule has 1 heterocycles. The summed E-state index contributed by atoms with van der Waals surface area (Å²) in [6, 6.07) is 8.81. The van der Waals surface area contributed by atoms with E-state index in [0.717, 1.165) is 31.8 Å². The van der Waals surface area contributed by atoms with E-state index in [-0.39, 0.29) is 6.10 Å². The molecule has 1 aromatic rings. The Morgan fingerprint density at radius 2 is 2.00 bits per heavy atom. The van der Waals surface area contributed by atoms with Crippen LogP contribution in [0.3, 0.4) is 0 Å². The zero-order valence-corrected chi connectivity index (χ0v) is 12.3. The van der Waals surface area contributed by atoms with Crippen molar-refractivity contribution in [2.75, 3.05) is 19.6 Å². The maximum absolute atomic E-state index is 5.92. The van der Waals surface area contributed by atoms with Crippen LogP contribution in [-0.2, 0) is 6.42 Å². The van der Waals surface area contributed by atoms with E-state index >= 15 is 0 Å². The fourth-order valence-corrected chi connectivity index (χ4v) is 2.36. The van der Waals surface area contributed by atoms with E-state index in [1.165, 1.54) is 5.56 Å². The van der Waals surface area contributed by atoms with E-state index in [1.54, 1.807) is 0 Å². The van der Waals surface area contributed by atoms with Crippen molar-refractivity contribution in [3.05, 3.63) is 29.8 Å². The molecule has 0 aliphatic carbocycles. The normalized spacial score (nSPS) is 19.3. The summed E-state index contributed by atoms with van der Waals surface area (Å²) >= 11 is 0. The third kappa shape index (κ3) is 4.51.